The lowest BCUT2D eigenvalue weighted by Crippen LogP contribution is -2.72. The molecule has 1 aliphatic rings. The van der Waals surface area contributed by atoms with Crippen LogP contribution in [0, 0.1) is 5.41 Å². The third kappa shape index (κ3) is 2.45. The predicted octanol–water partition coefficient (Wildman–Crippen LogP) is 2.34. The fourth-order valence-corrected chi connectivity index (χ4v) is 3.84. The number of para-hydroxylation sites is 1. The highest BCUT2D eigenvalue weighted by atomic mass is 32.1. The standard InChI is InChI=1S/C17H22N2O3S/c1-16(2)9-19(17(16,3)4)15(22)13(21)12(20)14-18-10-7-5-6-8-11(10)23-14/h5-8,12-13,20-21H,9H2,1-4H3/t12-,13-/m0/s1. The van der Waals surface area contributed by atoms with Crippen LogP contribution in [0.15, 0.2) is 24.3 Å². The zero-order valence-electron chi connectivity index (χ0n) is 13.8. The number of thiazole rings is 1. The number of aliphatic hydroxyl groups is 2. The number of fused-ring (bicyclic) bond motifs is 1. The minimum absolute atomic E-state index is 0.0107. The van der Waals surface area contributed by atoms with Gasteiger partial charge in [-0.15, -0.1) is 11.3 Å². The van der Waals surface area contributed by atoms with E-state index in [0.717, 1.165) is 10.2 Å². The number of amides is 1. The Hall–Kier alpha value is -1.50. The number of hydrogen-bond acceptors (Lipinski definition) is 5. The third-order valence-electron chi connectivity index (χ3n) is 5.27. The Morgan fingerprint density at radius 1 is 1.26 bits per heavy atom. The van der Waals surface area contributed by atoms with Crippen LogP contribution in [0.1, 0.15) is 38.8 Å². The summed E-state index contributed by atoms with van der Waals surface area (Å²) in [6.45, 7) is 8.71. The highest BCUT2D eigenvalue weighted by molar-refractivity contribution is 7.18. The molecule has 23 heavy (non-hydrogen) atoms. The smallest absolute Gasteiger partial charge is 0.255 e. The van der Waals surface area contributed by atoms with Crippen molar-refractivity contribution in [3.8, 4) is 0 Å². The van der Waals surface area contributed by atoms with Gasteiger partial charge in [-0.2, -0.15) is 0 Å². The summed E-state index contributed by atoms with van der Waals surface area (Å²) >= 11 is 1.30. The van der Waals surface area contributed by atoms with Gasteiger partial charge in [0.25, 0.3) is 5.91 Å². The van der Waals surface area contributed by atoms with Gasteiger partial charge < -0.3 is 15.1 Å². The van der Waals surface area contributed by atoms with E-state index in [4.69, 9.17) is 0 Å². The largest absolute Gasteiger partial charge is 0.383 e. The van der Waals surface area contributed by atoms with Crippen LogP contribution in [-0.2, 0) is 4.79 Å². The van der Waals surface area contributed by atoms with Crippen molar-refractivity contribution in [3.63, 3.8) is 0 Å². The van der Waals surface area contributed by atoms with Crippen LogP contribution in [-0.4, -0.2) is 44.2 Å². The van der Waals surface area contributed by atoms with Crippen LogP contribution in [0.3, 0.4) is 0 Å². The highest BCUT2D eigenvalue weighted by Gasteiger charge is 2.56. The van der Waals surface area contributed by atoms with E-state index in [2.05, 4.69) is 18.8 Å². The molecule has 0 unspecified atom stereocenters. The maximum absolute atomic E-state index is 12.6. The topological polar surface area (TPSA) is 73.7 Å². The number of carbonyl (C=O) groups excluding carboxylic acids is 1. The van der Waals surface area contributed by atoms with Crippen LogP contribution in [0.5, 0.6) is 0 Å². The summed E-state index contributed by atoms with van der Waals surface area (Å²) in [5, 5.41) is 21.1. The Morgan fingerprint density at radius 3 is 2.48 bits per heavy atom. The highest BCUT2D eigenvalue weighted by Crippen LogP contribution is 2.47. The molecule has 0 bridgehead atoms. The van der Waals surface area contributed by atoms with Gasteiger partial charge in [-0.3, -0.25) is 4.79 Å². The summed E-state index contributed by atoms with van der Waals surface area (Å²) in [5.74, 6) is -0.443. The van der Waals surface area contributed by atoms with Crippen molar-refractivity contribution < 1.29 is 15.0 Å². The quantitative estimate of drug-likeness (QED) is 0.903. The van der Waals surface area contributed by atoms with Crippen molar-refractivity contribution in [1.29, 1.82) is 0 Å². The van der Waals surface area contributed by atoms with Crippen LogP contribution in [0.25, 0.3) is 10.2 Å². The maximum atomic E-state index is 12.6. The first-order valence-corrected chi connectivity index (χ1v) is 8.50. The van der Waals surface area contributed by atoms with Gasteiger partial charge in [0, 0.05) is 17.5 Å². The summed E-state index contributed by atoms with van der Waals surface area (Å²) in [5.41, 5.74) is 0.401. The minimum Gasteiger partial charge on any atom is -0.383 e. The van der Waals surface area contributed by atoms with E-state index in [1.807, 2.05) is 38.1 Å². The zero-order chi connectivity index (χ0) is 17.0. The molecule has 0 aliphatic carbocycles. The third-order valence-corrected chi connectivity index (χ3v) is 6.37. The van der Waals surface area contributed by atoms with Gasteiger partial charge in [-0.1, -0.05) is 26.0 Å². The van der Waals surface area contributed by atoms with Gasteiger partial charge in [0.05, 0.1) is 10.2 Å². The van der Waals surface area contributed by atoms with Gasteiger partial charge in [0.1, 0.15) is 11.1 Å². The molecule has 2 N–H and O–H groups in total. The summed E-state index contributed by atoms with van der Waals surface area (Å²) in [6, 6.07) is 7.50. The minimum atomic E-state index is -1.49. The fraction of sp³-hybridized carbons (Fsp3) is 0.529. The van der Waals surface area contributed by atoms with E-state index < -0.39 is 18.1 Å². The number of carbonyl (C=O) groups is 1. The van der Waals surface area contributed by atoms with Crippen LogP contribution >= 0.6 is 11.3 Å². The number of hydrogen-bond donors (Lipinski definition) is 2. The molecule has 3 rings (SSSR count). The molecule has 2 heterocycles. The lowest BCUT2D eigenvalue weighted by molar-refractivity contribution is -0.181. The molecule has 1 amide bonds. The number of aromatic nitrogens is 1. The van der Waals surface area contributed by atoms with E-state index >= 15 is 0 Å². The zero-order valence-corrected chi connectivity index (χ0v) is 14.6. The Bertz CT molecular complexity index is 720. The molecule has 1 aromatic heterocycles. The van der Waals surface area contributed by atoms with Gasteiger partial charge in [0.2, 0.25) is 0 Å². The molecule has 6 heteroatoms. The van der Waals surface area contributed by atoms with Crippen molar-refractivity contribution in [2.45, 2.75) is 45.4 Å². The first-order valence-electron chi connectivity index (χ1n) is 7.68. The number of nitrogens with zero attached hydrogens (tertiary/aromatic N) is 2. The molecule has 0 radical (unpaired) electrons. The fourth-order valence-electron chi connectivity index (χ4n) is 2.86. The van der Waals surface area contributed by atoms with Gasteiger partial charge in [-0.25, -0.2) is 4.98 Å². The van der Waals surface area contributed by atoms with E-state index in [9.17, 15) is 15.0 Å². The van der Waals surface area contributed by atoms with Gasteiger partial charge in [-0.05, 0) is 26.0 Å². The summed E-state index contributed by atoms with van der Waals surface area (Å²) < 4.78 is 0.923. The average molecular weight is 334 g/mol. The Balaban J connectivity index is 1.80. The van der Waals surface area contributed by atoms with Crippen molar-refractivity contribution in [3.05, 3.63) is 29.3 Å². The number of aliphatic hydroxyl groups excluding tert-OH is 2. The average Bonchev–Trinajstić information content (AvgIpc) is 2.94. The lowest BCUT2D eigenvalue weighted by atomic mass is 9.65. The molecule has 0 spiro atoms. The molecular weight excluding hydrogens is 312 g/mol. The molecule has 5 nitrogen and oxygen atoms in total. The van der Waals surface area contributed by atoms with Crippen LogP contribution in [0.4, 0.5) is 0 Å². The van der Waals surface area contributed by atoms with Gasteiger partial charge in [0.15, 0.2) is 6.10 Å². The van der Waals surface area contributed by atoms with Crippen molar-refractivity contribution >= 4 is 27.5 Å². The predicted molar refractivity (Wildman–Crippen MR) is 90.2 cm³/mol. The molecule has 0 saturated carbocycles. The summed E-state index contributed by atoms with van der Waals surface area (Å²) in [7, 11) is 0. The van der Waals surface area contributed by atoms with Gasteiger partial charge >= 0.3 is 0 Å². The van der Waals surface area contributed by atoms with Crippen molar-refractivity contribution in [2.24, 2.45) is 5.41 Å². The number of likely N-dealkylation sites (tertiary alicyclic amines) is 1. The number of benzene rings is 1. The Morgan fingerprint density at radius 2 is 1.91 bits per heavy atom. The molecule has 124 valence electrons. The molecule has 1 aromatic carbocycles. The van der Waals surface area contributed by atoms with Crippen LogP contribution in [0.2, 0.25) is 0 Å². The van der Waals surface area contributed by atoms with E-state index in [1.165, 1.54) is 11.3 Å². The SMILES string of the molecule is CC1(C)CN(C(=O)[C@@H](O)[C@H](O)c2nc3ccccc3s2)C1(C)C. The summed E-state index contributed by atoms with van der Waals surface area (Å²) in [6.07, 6.45) is -2.80. The van der Waals surface area contributed by atoms with E-state index in [1.54, 1.807) is 4.90 Å². The Kier molecular flexibility index (Phi) is 3.74. The van der Waals surface area contributed by atoms with E-state index in [0.29, 0.717) is 11.6 Å². The maximum Gasteiger partial charge on any atom is 0.255 e. The first-order chi connectivity index (χ1) is 10.6. The molecule has 2 aromatic rings. The molecule has 1 aliphatic heterocycles. The molecule has 1 saturated heterocycles. The number of rotatable bonds is 3. The van der Waals surface area contributed by atoms with Crippen molar-refractivity contribution in [1.82, 2.24) is 9.88 Å². The second kappa shape index (κ2) is 5.26. The summed E-state index contributed by atoms with van der Waals surface area (Å²) in [4.78, 5) is 18.5. The van der Waals surface area contributed by atoms with Crippen molar-refractivity contribution in [2.75, 3.05) is 6.54 Å². The lowest BCUT2D eigenvalue weighted by Gasteiger charge is -2.61. The van der Waals surface area contributed by atoms with Crippen LogP contribution < -0.4 is 0 Å². The monoisotopic (exact) mass is 334 g/mol. The molecule has 1 fully saturated rings. The molecular formula is C17H22N2O3S. The second-order valence-corrected chi connectivity index (χ2v) is 8.34. The molecule has 2 atom stereocenters. The normalized spacial score (nSPS) is 21.7. The second-order valence-electron chi connectivity index (χ2n) is 7.28. The first kappa shape index (κ1) is 16.4. The Labute approximate surface area is 139 Å². The van der Waals surface area contributed by atoms with E-state index in [-0.39, 0.29) is 11.0 Å².